The zero-order valence-corrected chi connectivity index (χ0v) is 13.2. The van der Waals surface area contributed by atoms with Crippen LogP contribution in [-0.4, -0.2) is 5.11 Å². The fourth-order valence-electron chi connectivity index (χ4n) is 2.43. The second-order valence-electron chi connectivity index (χ2n) is 5.22. The molecule has 1 aromatic heterocycles. The molecule has 3 aromatic rings. The van der Waals surface area contributed by atoms with Gasteiger partial charge in [0, 0.05) is 10.6 Å². The monoisotopic (exact) mass is 348 g/mol. The standard InChI is InChI=1S/C18H11ClF2O3/c1-9-8-12(20)6-7-13(9)14-16(22)15(21)17(24-18(14)23)10-2-4-11(19)5-3-10/h2-8,22H,1H3. The molecule has 0 radical (unpaired) electrons. The van der Waals surface area contributed by atoms with Crippen molar-refractivity contribution >= 4 is 11.6 Å². The molecule has 0 spiro atoms. The molecule has 3 rings (SSSR count). The quantitative estimate of drug-likeness (QED) is 0.715. The van der Waals surface area contributed by atoms with E-state index in [-0.39, 0.29) is 16.7 Å². The van der Waals surface area contributed by atoms with E-state index in [4.69, 9.17) is 16.0 Å². The van der Waals surface area contributed by atoms with Crippen LogP contribution in [0.5, 0.6) is 5.75 Å². The van der Waals surface area contributed by atoms with Crippen LogP contribution in [0.1, 0.15) is 5.56 Å². The third kappa shape index (κ3) is 2.78. The van der Waals surface area contributed by atoms with Gasteiger partial charge < -0.3 is 9.52 Å². The SMILES string of the molecule is Cc1cc(F)ccc1-c1c(O)c(F)c(-c2ccc(Cl)cc2)oc1=O. The van der Waals surface area contributed by atoms with Crippen molar-refractivity contribution in [2.24, 2.45) is 0 Å². The molecule has 0 aliphatic rings. The Balaban J connectivity index is 2.23. The molecule has 0 saturated heterocycles. The van der Waals surface area contributed by atoms with Crippen molar-refractivity contribution in [2.45, 2.75) is 6.92 Å². The molecule has 0 fully saturated rings. The van der Waals surface area contributed by atoms with Crippen LogP contribution < -0.4 is 5.63 Å². The van der Waals surface area contributed by atoms with Gasteiger partial charge in [0.05, 0.1) is 0 Å². The van der Waals surface area contributed by atoms with Crippen molar-refractivity contribution in [3.63, 3.8) is 0 Å². The number of rotatable bonds is 2. The Morgan fingerprint density at radius 2 is 1.75 bits per heavy atom. The van der Waals surface area contributed by atoms with E-state index in [0.29, 0.717) is 10.6 Å². The number of benzene rings is 2. The molecule has 0 atom stereocenters. The highest BCUT2D eigenvalue weighted by atomic mass is 35.5. The zero-order valence-electron chi connectivity index (χ0n) is 12.4. The zero-order chi connectivity index (χ0) is 17.4. The van der Waals surface area contributed by atoms with E-state index in [1.54, 1.807) is 6.92 Å². The van der Waals surface area contributed by atoms with Gasteiger partial charge in [-0.15, -0.1) is 0 Å². The topological polar surface area (TPSA) is 50.4 Å². The van der Waals surface area contributed by atoms with Crippen LogP contribution in [-0.2, 0) is 0 Å². The smallest absolute Gasteiger partial charge is 0.348 e. The van der Waals surface area contributed by atoms with Crippen LogP contribution in [0.4, 0.5) is 8.78 Å². The van der Waals surface area contributed by atoms with E-state index in [0.717, 1.165) is 6.07 Å². The predicted molar refractivity (Wildman–Crippen MR) is 87.2 cm³/mol. The summed E-state index contributed by atoms with van der Waals surface area (Å²) in [6.45, 7) is 1.54. The lowest BCUT2D eigenvalue weighted by molar-refractivity contribution is 0.402. The van der Waals surface area contributed by atoms with Crippen molar-refractivity contribution < 1.29 is 18.3 Å². The summed E-state index contributed by atoms with van der Waals surface area (Å²) in [6, 6.07) is 9.53. The molecule has 0 saturated carbocycles. The van der Waals surface area contributed by atoms with Crippen molar-refractivity contribution in [1.29, 1.82) is 0 Å². The maximum atomic E-state index is 14.5. The minimum absolute atomic E-state index is 0.198. The van der Waals surface area contributed by atoms with Gasteiger partial charge in [-0.25, -0.2) is 9.18 Å². The van der Waals surface area contributed by atoms with E-state index in [1.807, 2.05) is 0 Å². The van der Waals surface area contributed by atoms with E-state index < -0.39 is 28.8 Å². The number of hydrogen-bond acceptors (Lipinski definition) is 3. The Labute approximate surface area is 140 Å². The van der Waals surface area contributed by atoms with Crippen LogP contribution >= 0.6 is 11.6 Å². The van der Waals surface area contributed by atoms with Gasteiger partial charge in [0.2, 0.25) is 5.82 Å². The van der Waals surface area contributed by atoms with Crippen molar-refractivity contribution in [2.75, 3.05) is 0 Å². The molecule has 3 nitrogen and oxygen atoms in total. The summed E-state index contributed by atoms with van der Waals surface area (Å²) >= 11 is 5.77. The Morgan fingerprint density at radius 1 is 1.08 bits per heavy atom. The summed E-state index contributed by atoms with van der Waals surface area (Å²) in [6.07, 6.45) is 0. The van der Waals surface area contributed by atoms with Gasteiger partial charge in [-0.3, -0.25) is 0 Å². The lowest BCUT2D eigenvalue weighted by atomic mass is 10.0. The Morgan fingerprint density at radius 3 is 2.38 bits per heavy atom. The van der Waals surface area contributed by atoms with E-state index in [2.05, 4.69) is 0 Å². The fraction of sp³-hybridized carbons (Fsp3) is 0.0556. The first kappa shape index (κ1) is 16.2. The second-order valence-corrected chi connectivity index (χ2v) is 5.66. The van der Waals surface area contributed by atoms with Crippen LogP contribution in [0, 0.1) is 18.6 Å². The van der Waals surface area contributed by atoms with Gasteiger partial charge in [-0.05, 0) is 54.4 Å². The van der Waals surface area contributed by atoms with Crippen LogP contribution in [0.3, 0.4) is 0 Å². The summed E-state index contributed by atoms with van der Waals surface area (Å²) in [5.74, 6) is -2.81. The molecule has 2 aromatic carbocycles. The lowest BCUT2D eigenvalue weighted by Crippen LogP contribution is -2.07. The van der Waals surface area contributed by atoms with Gasteiger partial charge >= 0.3 is 5.63 Å². The molecule has 24 heavy (non-hydrogen) atoms. The molecular weight excluding hydrogens is 338 g/mol. The van der Waals surface area contributed by atoms with Crippen molar-refractivity contribution in [3.05, 3.63) is 75.1 Å². The molecule has 0 amide bonds. The largest absolute Gasteiger partial charge is 0.504 e. The molecule has 0 aliphatic heterocycles. The van der Waals surface area contributed by atoms with Gasteiger partial charge in [0.15, 0.2) is 11.5 Å². The minimum Gasteiger partial charge on any atom is -0.504 e. The van der Waals surface area contributed by atoms with Gasteiger partial charge in [-0.2, -0.15) is 4.39 Å². The summed E-state index contributed by atoms with van der Waals surface area (Å²) < 4.78 is 32.8. The predicted octanol–water partition coefficient (Wildman–Crippen LogP) is 4.92. The third-order valence-electron chi connectivity index (χ3n) is 3.61. The molecule has 0 aliphatic carbocycles. The fourth-order valence-corrected chi connectivity index (χ4v) is 2.56. The average Bonchev–Trinajstić information content (AvgIpc) is 2.54. The first-order valence-corrected chi connectivity index (χ1v) is 7.34. The normalized spacial score (nSPS) is 10.8. The Bertz CT molecular complexity index is 979. The molecule has 122 valence electrons. The lowest BCUT2D eigenvalue weighted by Gasteiger charge is -2.10. The second kappa shape index (κ2) is 6.09. The highest BCUT2D eigenvalue weighted by Gasteiger charge is 2.23. The van der Waals surface area contributed by atoms with E-state index >= 15 is 0 Å². The number of aromatic hydroxyl groups is 1. The molecular formula is C18H11ClF2O3. The van der Waals surface area contributed by atoms with Gasteiger partial charge in [0.1, 0.15) is 11.4 Å². The van der Waals surface area contributed by atoms with Crippen LogP contribution in [0.2, 0.25) is 5.02 Å². The molecule has 0 bridgehead atoms. The Kier molecular flexibility index (Phi) is 4.11. The summed E-state index contributed by atoms with van der Waals surface area (Å²) in [4.78, 5) is 12.3. The van der Waals surface area contributed by atoms with Crippen LogP contribution in [0.15, 0.2) is 51.7 Å². The Hall–Kier alpha value is -2.66. The van der Waals surface area contributed by atoms with Gasteiger partial charge in [-0.1, -0.05) is 17.7 Å². The van der Waals surface area contributed by atoms with E-state index in [9.17, 15) is 18.7 Å². The molecule has 1 heterocycles. The summed E-state index contributed by atoms with van der Waals surface area (Å²) in [7, 11) is 0. The summed E-state index contributed by atoms with van der Waals surface area (Å²) in [5.41, 5.74) is -0.441. The highest BCUT2D eigenvalue weighted by molar-refractivity contribution is 6.30. The third-order valence-corrected chi connectivity index (χ3v) is 3.86. The number of halogens is 3. The first-order valence-electron chi connectivity index (χ1n) is 6.96. The first-order chi connectivity index (χ1) is 11.4. The average molecular weight is 349 g/mol. The molecule has 1 N–H and O–H groups in total. The number of aryl methyl sites for hydroxylation is 1. The summed E-state index contributed by atoms with van der Waals surface area (Å²) in [5, 5.41) is 10.6. The maximum Gasteiger partial charge on any atom is 0.348 e. The van der Waals surface area contributed by atoms with Gasteiger partial charge in [0.25, 0.3) is 0 Å². The minimum atomic E-state index is -1.07. The van der Waals surface area contributed by atoms with Crippen LogP contribution in [0.25, 0.3) is 22.5 Å². The van der Waals surface area contributed by atoms with Crippen molar-refractivity contribution in [1.82, 2.24) is 0 Å². The van der Waals surface area contributed by atoms with Crippen molar-refractivity contribution in [3.8, 4) is 28.2 Å². The highest BCUT2D eigenvalue weighted by Crippen LogP contribution is 2.35. The van der Waals surface area contributed by atoms with E-state index in [1.165, 1.54) is 36.4 Å². The molecule has 0 unspecified atom stereocenters. The number of hydrogen-bond donors (Lipinski definition) is 1. The molecule has 6 heteroatoms. The maximum absolute atomic E-state index is 14.5.